The minimum atomic E-state index is 0.894. The molecular weight excluding hydrogens is 188 g/mol. The van der Waals surface area contributed by atoms with Crippen molar-refractivity contribution in [2.45, 2.75) is 19.3 Å². The van der Waals surface area contributed by atoms with Crippen LogP contribution in [0.1, 0.15) is 19.3 Å². The Morgan fingerprint density at radius 1 is 1.20 bits per heavy atom. The summed E-state index contributed by atoms with van der Waals surface area (Å²) in [7, 11) is 9.69. The normalized spacial score (nSPS) is 17.8. The molecule has 1 rings (SSSR count). The van der Waals surface area contributed by atoms with Gasteiger partial charge in [0.2, 0.25) is 0 Å². The average Bonchev–Trinajstić information content (AvgIpc) is 2.21. The van der Waals surface area contributed by atoms with Gasteiger partial charge in [-0.2, -0.15) is 0 Å². The van der Waals surface area contributed by atoms with Crippen LogP contribution in [-0.4, -0.2) is 64.1 Å². The fourth-order valence-corrected chi connectivity index (χ4v) is 1.59. The Morgan fingerprint density at radius 3 is 1.87 bits per heavy atom. The number of rotatable bonds is 0. The molecule has 1 fully saturated rings. The van der Waals surface area contributed by atoms with Crippen LogP contribution < -0.4 is 5.32 Å². The molecule has 4 heteroatoms. The van der Waals surface area contributed by atoms with Gasteiger partial charge in [-0.25, -0.2) is 0 Å². The van der Waals surface area contributed by atoms with Gasteiger partial charge in [0.05, 0.1) is 0 Å². The van der Waals surface area contributed by atoms with E-state index >= 15 is 0 Å². The molecule has 1 N–H and O–H groups in total. The van der Waals surface area contributed by atoms with Gasteiger partial charge in [0.25, 0.3) is 0 Å². The van der Waals surface area contributed by atoms with Gasteiger partial charge in [0.1, 0.15) is 0 Å². The highest BCUT2D eigenvalue weighted by atomic mass is 15.2. The van der Waals surface area contributed by atoms with E-state index in [9.17, 15) is 0 Å². The number of nitrogens with zero attached hydrogens (tertiary/aromatic N) is 3. The molecule has 0 amide bonds. The fraction of sp³-hybridized carbons (Fsp3) is 0.909. The zero-order valence-corrected chi connectivity index (χ0v) is 10.9. The zero-order valence-electron chi connectivity index (χ0n) is 10.9. The van der Waals surface area contributed by atoms with Crippen molar-refractivity contribution < 1.29 is 0 Å². The van der Waals surface area contributed by atoms with Crippen LogP contribution in [0.25, 0.3) is 0 Å². The average molecular weight is 214 g/mol. The Balaban J connectivity index is 0.000000262. The largest absolute Gasteiger partial charge is 0.359 e. The molecule has 0 saturated carbocycles. The summed E-state index contributed by atoms with van der Waals surface area (Å²) < 4.78 is 0. The summed E-state index contributed by atoms with van der Waals surface area (Å²) in [6, 6.07) is 0. The second kappa shape index (κ2) is 8.53. The van der Waals surface area contributed by atoms with Gasteiger partial charge in [0.15, 0.2) is 5.96 Å². The summed E-state index contributed by atoms with van der Waals surface area (Å²) in [6.45, 7) is 2.64. The first-order valence-electron chi connectivity index (χ1n) is 5.62. The van der Waals surface area contributed by atoms with Crippen LogP contribution in [0.5, 0.6) is 0 Å². The van der Waals surface area contributed by atoms with E-state index in [0.29, 0.717) is 0 Å². The van der Waals surface area contributed by atoms with Gasteiger partial charge in [0, 0.05) is 28.2 Å². The van der Waals surface area contributed by atoms with Crippen molar-refractivity contribution in [1.82, 2.24) is 15.1 Å². The summed E-state index contributed by atoms with van der Waals surface area (Å²) in [5.41, 5.74) is 0. The van der Waals surface area contributed by atoms with Crippen molar-refractivity contribution >= 4 is 5.96 Å². The van der Waals surface area contributed by atoms with Gasteiger partial charge in [-0.1, -0.05) is 6.42 Å². The van der Waals surface area contributed by atoms with E-state index in [1.807, 2.05) is 26.0 Å². The maximum atomic E-state index is 3.94. The topological polar surface area (TPSA) is 30.9 Å². The van der Waals surface area contributed by atoms with Crippen molar-refractivity contribution in [3.8, 4) is 0 Å². The second-order valence-corrected chi connectivity index (χ2v) is 4.06. The van der Waals surface area contributed by atoms with Gasteiger partial charge < -0.3 is 15.1 Å². The number of guanidine groups is 1. The third-order valence-corrected chi connectivity index (χ3v) is 2.44. The molecule has 90 valence electrons. The van der Waals surface area contributed by atoms with E-state index in [0.717, 1.165) is 5.96 Å². The second-order valence-electron chi connectivity index (χ2n) is 4.06. The molecule has 0 atom stereocenters. The fourth-order valence-electron chi connectivity index (χ4n) is 1.59. The van der Waals surface area contributed by atoms with Crippen LogP contribution in [0, 0.1) is 0 Å². The van der Waals surface area contributed by atoms with E-state index in [4.69, 9.17) is 0 Å². The van der Waals surface area contributed by atoms with Crippen LogP contribution in [0.2, 0.25) is 0 Å². The summed E-state index contributed by atoms with van der Waals surface area (Å²) in [6.07, 6.45) is 4.28. The smallest absolute Gasteiger partial charge is 0.192 e. The number of nitrogens with one attached hydrogen (secondary N) is 1. The van der Waals surface area contributed by atoms with E-state index in [-0.39, 0.29) is 0 Å². The summed E-state index contributed by atoms with van der Waals surface area (Å²) in [4.78, 5) is 8.25. The van der Waals surface area contributed by atoms with Crippen LogP contribution >= 0.6 is 0 Å². The number of piperidine rings is 1. The van der Waals surface area contributed by atoms with Gasteiger partial charge in [-0.05, 0) is 33.0 Å². The molecule has 1 aliphatic rings. The predicted molar refractivity (Wildman–Crippen MR) is 67.5 cm³/mol. The van der Waals surface area contributed by atoms with Crippen molar-refractivity contribution in [3.05, 3.63) is 0 Å². The molecular formula is C11H26N4. The predicted octanol–water partition coefficient (Wildman–Crippen LogP) is 0.855. The zero-order chi connectivity index (χ0) is 11.7. The van der Waals surface area contributed by atoms with E-state index < -0.39 is 0 Å². The lowest BCUT2D eigenvalue weighted by molar-refractivity contribution is 0.277. The van der Waals surface area contributed by atoms with Gasteiger partial charge in [-0.3, -0.25) is 4.99 Å². The standard InChI is InChI=1S/C6H13N.C5H13N3/c1-7-5-3-2-4-6-7;1-6-5(7-2)8(3)4/h2-6H2,1H3;1-4H3,(H,6,7). The summed E-state index contributed by atoms with van der Waals surface area (Å²) >= 11 is 0. The monoisotopic (exact) mass is 214 g/mol. The lowest BCUT2D eigenvalue weighted by Gasteiger charge is -2.20. The van der Waals surface area contributed by atoms with Crippen molar-refractivity contribution in [3.63, 3.8) is 0 Å². The maximum Gasteiger partial charge on any atom is 0.192 e. The Hall–Kier alpha value is -0.770. The number of aliphatic imine (C=N–C) groups is 1. The minimum Gasteiger partial charge on any atom is -0.359 e. The highest BCUT2D eigenvalue weighted by Crippen LogP contribution is 2.04. The lowest BCUT2D eigenvalue weighted by atomic mass is 10.1. The molecule has 0 aromatic heterocycles. The first kappa shape index (κ1) is 14.2. The number of likely N-dealkylation sites (tertiary alicyclic amines) is 1. The van der Waals surface area contributed by atoms with E-state index in [1.54, 1.807) is 7.05 Å². The van der Waals surface area contributed by atoms with Crippen molar-refractivity contribution in [1.29, 1.82) is 0 Å². The minimum absolute atomic E-state index is 0.894. The molecule has 0 aromatic carbocycles. The Bertz CT molecular complexity index is 171. The first-order valence-corrected chi connectivity index (χ1v) is 5.62. The van der Waals surface area contributed by atoms with Crippen molar-refractivity contribution in [2.24, 2.45) is 4.99 Å². The molecule has 0 aliphatic carbocycles. The van der Waals surface area contributed by atoms with E-state index in [2.05, 4.69) is 22.3 Å². The molecule has 0 bridgehead atoms. The van der Waals surface area contributed by atoms with E-state index in [1.165, 1.54) is 32.4 Å². The molecule has 1 heterocycles. The maximum absolute atomic E-state index is 3.94. The SMILES string of the molecule is C/N=C(\NC)N(C)C.CN1CCCCC1. The highest BCUT2D eigenvalue weighted by molar-refractivity contribution is 5.78. The molecule has 1 saturated heterocycles. The molecule has 15 heavy (non-hydrogen) atoms. The highest BCUT2D eigenvalue weighted by Gasteiger charge is 2.02. The number of hydrogen-bond donors (Lipinski definition) is 1. The lowest BCUT2D eigenvalue weighted by Crippen LogP contribution is -2.33. The molecule has 0 unspecified atom stereocenters. The Kier molecular flexibility index (Phi) is 8.09. The van der Waals surface area contributed by atoms with Crippen LogP contribution in [0.3, 0.4) is 0 Å². The number of hydrogen-bond acceptors (Lipinski definition) is 2. The van der Waals surface area contributed by atoms with Crippen molar-refractivity contribution in [2.75, 3.05) is 48.3 Å². The van der Waals surface area contributed by atoms with Crippen LogP contribution in [0.15, 0.2) is 4.99 Å². The molecule has 4 nitrogen and oxygen atoms in total. The Morgan fingerprint density at radius 2 is 1.73 bits per heavy atom. The molecule has 0 radical (unpaired) electrons. The van der Waals surface area contributed by atoms with Crippen LogP contribution in [-0.2, 0) is 0 Å². The third kappa shape index (κ3) is 7.19. The van der Waals surface area contributed by atoms with Gasteiger partial charge in [-0.15, -0.1) is 0 Å². The Labute approximate surface area is 94.4 Å². The summed E-state index contributed by atoms with van der Waals surface area (Å²) in [5.74, 6) is 0.894. The van der Waals surface area contributed by atoms with Crippen LogP contribution in [0.4, 0.5) is 0 Å². The quantitative estimate of drug-likeness (QED) is 0.479. The molecule has 0 spiro atoms. The summed E-state index contributed by atoms with van der Waals surface area (Å²) in [5, 5.41) is 2.93. The molecule has 1 aliphatic heterocycles. The van der Waals surface area contributed by atoms with Gasteiger partial charge >= 0.3 is 0 Å². The first-order chi connectivity index (χ1) is 7.11. The third-order valence-electron chi connectivity index (χ3n) is 2.44. The molecule has 0 aromatic rings.